The third kappa shape index (κ3) is 10.8. The van der Waals surface area contributed by atoms with Crippen LogP contribution in [0, 0.1) is 0 Å². The monoisotopic (exact) mass is 792 g/mol. The number of nitrogens with zero attached hydrogens (tertiary/aromatic N) is 2. The molecule has 0 heterocycles. The van der Waals surface area contributed by atoms with Gasteiger partial charge in [-0.25, -0.2) is 0 Å². The lowest BCUT2D eigenvalue weighted by Gasteiger charge is -2.54. The summed E-state index contributed by atoms with van der Waals surface area (Å²) < 4.78 is 5.51. The summed E-state index contributed by atoms with van der Waals surface area (Å²) in [6.07, 6.45) is 5.77. The molecule has 0 aromatic rings. The first-order chi connectivity index (χ1) is 19.5. The van der Waals surface area contributed by atoms with E-state index in [0.29, 0.717) is 0 Å². The molecule has 4 unspecified atom stereocenters. The minimum absolute atomic E-state index is 0.0958. The highest BCUT2D eigenvalue weighted by Gasteiger charge is 2.58. The third-order valence-corrected chi connectivity index (χ3v) is 44.7. The summed E-state index contributed by atoms with van der Waals surface area (Å²) in [6, 6.07) is 0. The molecule has 0 aromatic carbocycles. The molecule has 43 heavy (non-hydrogen) atoms. The molecule has 0 N–H and O–H groups in total. The van der Waals surface area contributed by atoms with Crippen LogP contribution in [0.25, 0.3) is 0 Å². The van der Waals surface area contributed by atoms with Gasteiger partial charge in [0.05, 0.1) is 0 Å². The van der Waals surface area contributed by atoms with E-state index in [1.54, 1.807) is 0 Å². The molecule has 0 aromatic heterocycles. The lowest BCUT2D eigenvalue weighted by Crippen LogP contribution is -2.72. The zero-order chi connectivity index (χ0) is 34.2. The summed E-state index contributed by atoms with van der Waals surface area (Å²) in [5.41, 5.74) is 8.96. The minimum atomic E-state index is -2.94. The quantitative estimate of drug-likeness (QED) is 0.0796. The van der Waals surface area contributed by atoms with Crippen molar-refractivity contribution in [2.45, 2.75) is 140 Å². The van der Waals surface area contributed by atoms with Gasteiger partial charge in [-0.05, 0) is 25.7 Å². The summed E-state index contributed by atoms with van der Waals surface area (Å²) in [4.78, 5) is 0.192. The van der Waals surface area contributed by atoms with E-state index in [2.05, 4.69) is 138 Å². The second-order valence-corrected chi connectivity index (χ2v) is 48.1. The van der Waals surface area contributed by atoms with Crippen molar-refractivity contribution in [3.8, 4) is 0 Å². The van der Waals surface area contributed by atoms with Gasteiger partial charge in [-0.15, -0.1) is 70.6 Å². The van der Waals surface area contributed by atoms with Crippen LogP contribution in [0.1, 0.15) is 66.2 Å². The normalized spacial score (nSPS) is 17.0. The van der Waals surface area contributed by atoms with Crippen LogP contribution in [0.3, 0.4) is 0 Å². The molecular weight excluding hydrogens is 731 g/mol. The van der Waals surface area contributed by atoms with Crippen molar-refractivity contribution < 1.29 is 0 Å². The Morgan fingerprint density at radius 2 is 0.767 bits per heavy atom. The van der Waals surface area contributed by atoms with Crippen molar-refractivity contribution in [1.82, 2.24) is 8.46 Å². The Kier molecular flexibility index (Phi) is 18.6. The lowest BCUT2D eigenvalue weighted by molar-refractivity contribution is 0.514. The van der Waals surface area contributed by atoms with Gasteiger partial charge in [-0.2, -0.15) is 11.8 Å². The lowest BCUT2D eigenvalue weighted by atomic mass is 10.3. The van der Waals surface area contributed by atoms with Gasteiger partial charge in [0.15, 0.2) is 0 Å². The van der Waals surface area contributed by atoms with Gasteiger partial charge >= 0.3 is 0 Å². The van der Waals surface area contributed by atoms with Crippen molar-refractivity contribution >= 4 is 102 Å². The Morgan fingerprint density at radius 1 is 0.535 bits per heavy atom. The molecular formula is C30H64Cl4N2SSi6. The van der Waals surface area contributed by atoms with E-state index in [1.165, 1.54) is 0 Å². The fourth-order valence-electron chi connectivity index (χ4n) is 6.57. The molecule has 2 nitrogen and oxygen atoms in total. The van der Waals surface area contributed by atoms with Crippen LogP contribution in [-0.2, 0) is 0 Å². The van der Waals surface area contributed by atoms with Crippen molar-refractivity contribution in [3.05, 3.63) is 49.1 Å². The van der Waals surface area contributed by atoms with E-state index in [-0.39, 0.29) is 21.1 Å². The number of hydrogen-bond acceptors (Lipinski definition) is 3. The Labute approximate surface area is 297 Å². The van der Waals surface area contributed by atoms with Gasteiger partial charge in [0.1, 0.15) is 32.9 Å². The van der Waals surface area contributed by atoms with Crippen molar-refractivity contribution in [3.63, 3.8) is 0 Å². The van der Waals surface area contributed by atoms with Crippen LogP contribution >= 0.6 is 56.1 Å². The predicted molar refractivity (Wildman–Crippen MR) is 222 cm³/mol. The van der Waals surface area contributed by atoms with Crippen LogP contribution < -0.4 is 0 Å². The average Bonchev–Trinajstić information content (AvgIpc) is 2.92. The van der Waals surface area contributed by atoms with Gasteiger partial charge < -0.3 is 8.46 Å². The topological polar surface area (TPSA) is 6.48 Å². The Morgan fingerprint density at radius 3 is 0.930 bits per heavy atom. The van der Waals surface area contributed by atoms with Crippen LogP contribution in [0.5, 0.6) is 0 Å². The van der Waals surface area contributed by atoms with Crippen LogP contribution in [0.2, 0.25) is 52.4 Å². The van der Waals surface area contributed by atoms with Gasteiger partial charge in [0, 0.05) is 21.1 Å². The number of rotatable bonds is 22. The first-order valence-corrected chi connectivity index (χ1v) is 37.4. The van der Waals surface area contributed by atoms with E-state index in [9.17, 15) is 0 Å². The van der Waals surface area contributed by atoms with E-state index in [1.807, 2.05) is 11.8 Å². The zero-order valence-corrected chi connectivity index (χ0v) is 39.3. The molecule has 0 fully saturated rings. The van der Waals surface area contributed by atoms with E-state index < -0.39 is 46.3 Å². The standard InChI is InChI=1S/C30H64Cl4N2SSi6/c1-17-25-27(35(38(9,10)21-5)39(11,12)22-6)42(31,32)29(19-3)37-30(20-4)43(33,34)28(26-18-2)36(40(13,14)23-7)41(15,16)24-8/h21-24,27-30H,5-8,17-20,25-26H2,1-4,9-16H3. The van der Waals surface area contributed by atoms with Gasteiger partial charge in [0.2, 0.25) is 0 Å². The predicted octanol–water partition coefficient (Wildman–Crippen LogP) is 11.9. The third-order valence-electron chi connectivity index (χ3n) is 9.05. The summed E-state index contributed by atoms with van der Waals surface area (Å²) in [5.74, 6) is 0. The number of halogens is 4. The van der Waals surface area contributed by atoms with Crippen molar-refractivity contribution in [2.24, 2.45) is 0 Å². The maximum atomic E-state index is 7.84. The molecule has 13 heteroatoms. The fraction of sp³-hybridized carbons (Fsp3) is 0.733. The Bertz CT molecular complexity index is 820. The highest BCUT2D eigenvalue weighted by atomic mass is 35.7. The van der Waals surface area contributed by atoms with E-state index in [0.717, 1.165) is 38.5 Å². The maximum absolute atomic E-state index is 7.84. The first kappa shape index (κ1) is 44.7. The van der Waals surface area contributed by atoms with Crippen molar-refractivity contribution in [2.75, 3.05) is 0 Å². The first-order valence-electron chi connectivity index (χ1n) is 16.0. The molecule has 4 atom stereocenters. The minimum Gasteiger partial charge on any atom is -0.337 e. The van der Waals surface area contributed by atoms with Crippen LogP contribution in [-0.4, -0.2) is 75.9 Å². The zero-order valence-electron chi connectivity index (χ0n) is 29.5. The molecule has 0 aliphatic heterocycles. The molecule has 252 valence electrons. The molecule has 0 rings (SSSR count). The number of hydrogen-bond donors (Lipinski definition) is 0. The molecule has 0 bridgehead atoms. The van der Waals surface area contributed by atoms with Gasteiger partial charge in [-0.3, -0.25) is 0 Å². The summed E-state index contributed by atoms with van der Waals surface area (Å²) in [7, 11) is -8.10. The fourth-order valence-corrected chi connectivity index (χ4v) is 47.2. The Balaban J connectivity index is 7.11. The highest BCUT2D eigenvalue weighted by Crippen LogP contribution is 2.48. The number of thioether (sulfide) groups is 1. The molecule has 0 aliphatic carbocycles. The van der Waals surface area contributed by atoms with Crippen LogP contribution in [0.15, 0.2) is 49.1 Å². The van der Waals surface area contributed by atoms with E-state index in [4.69, 9.17) is 44.3 Å². The molecule has 0 amide bonds. The SMILES string of the molecule is C=C[Si](C)(C)N(C(CCC)[Si](Cl)(Cl)C(CC)SC(CC)[Si](Cl)(Cl)C(CCC)N([Si](C)(C)C=C)[Si](C)(C)C=C)[Si](C)(C)C=C. The Hall–Kier alpha value is 1.69. The highest BCUT2D eigenvalue weighted by molar-refractivity contribution is 8.06. The molecule has 0 aliphatic rings. The summed E-state index contributed by atoms with van der Waals surface area (Å²) in [6.45, 7) is 39.2. The smallest absolute Gasteiger partial charge is 0.278 e. The largest absolute Gasteiger partial charge is 0.337 e. The van der Waals surface area contributed by atoms with Crippen molar-refractivity contribution in [1.29, 1.82) is 0 Å². The molecule has 0 saturated heterocycles. The average molecular weight is 795 g/mol. The molecule has 0 radical (unpaired) electrons. The second kappa shape index (κ2) is 17.9. The van der Waals surface area contributed by atoms with Crippen LogP contribution in [0.4, 0.5) is 0 Å². The summed E-state index contributed by atoms with van der Waals surface area (Å²) >= 11 is 33.3. The van der Waals surface area contributed by atoms with E-state index >= 15 is 0 Å². The maximum Gasteiger partial charge on any atom is 0.278 e. The second-order valence-electron chi connectivity index (χ2n) is 14.1. The summed E-state index contributed by atoms with van der Waals surface area (Å²) in [5, 5.41) is 0. The van der Waals surface area contributed by atoms with Gasteiger partial charge in [-0.1, -0.05) is 116 Å². The molecule has 0 saturated carbocycles. The molecule has 0 spiro atoms. The van der Waals surface area contributed by atoms with Gasteiger partial charge in [0.25, 0.3) is 13.4 Å².